The monoisotopic (exact) mass is 320 g/mol. The molecule has 21 heavy (non-hydrogen) atoms. The number of hydrogen-bond donors (Lipinski definition) is 0. The summed E-state index contributed by atoms with van der Waals surface area (Å²) in [4.78, 5) is 15.8. The van der Waals surface area contributed by atoms with Crippen LogP contribution >= 0.6 is 23.1 Å². The molecule has 1 aliphatic rings. The lowest BCUT2D eigenvalue weighted by Gasteiger charge is -2.29. The number of hydrogen-bond acceptors (Lipinski definition) is 4. The molecule has 3 rings (SSSR count). The van der Waals surface area contributed by atoms with E-state index >= 15 is 0 Å². The van der Waals surface area contributed by atoms with Gasteiger partial charge in [0.1, 0.15) is 0 Å². The molecule has 0 aliphatic carbocycles. The molecule has 0 aromatic carbocycles. The molecule has 0 bridgehead atoms. The molecular formula is C15H16N2O2S2. The van der Waals surface area contributed by atoms with Gasteiger partial charge in [-0.2, -0.15) is 4.73 Å². The summed E-state index contributed by atoms with van der Waals surface area (Å²) in [5, 5.41) is 14.0. The second kappa shape index (κ2) is 6.07. The molecule has 0 radical (unpaired) electrons. The van der Waals surface area contributed by atoms with E-state index in [4.69, 9.17) is 0 Å². The number of carbonyl (C=O) groups is 1. The van der Waals surface area contributed by atoms with Crippen molar-refractivity contribution in [1.82, 2.24) is 4.90 Å². The Morgan fingerprint density at radius 3 is 3.14 bits per heavy atom. The fourth-order valence-corrected chi connectivity index (χ4v) is 4.25. The van der Waals surface area contributed by atoms with Crippen molar-refractivity contribution >= 4 is 29.0 Å². The fourth-order valence-electron chi connectivity index (χ4n) is 2.43. The van der Waals surface area contributed by atoms with Crippen molar-refractivity contribution in [1.29, 1.82) is 0 Å². The highest BCUT2D eigenvalue weighted by atomic mass is 32.2. The van der Waals surface area contributed by atoms with Gasteiger partial charge < -0.3 is 10.1 Å². The van der Waals surface area contributed by atoms with Crippen LogP contribution in [-0.2, 0) is 17.8 Å². The molecule has 110 valence electrons. The third-order valence-electron chi connectivity index (χ3n) is 3.55. The minimum atomic E-state index is -0.257. The van der Waals surface area contributed by atoms with Crippen LogP contribution in [0.1, 0.15) is 17.4 Å². The molecule has 0 saturated carbocycles. The van der Waals surface area contributed by atoms with Crippen LogP contribution in [0.25, 0.3) is 0 Å². The average Bonchev–Trinajstić information content (AvgIpc) is 2.96. The summed E-state index contributed by atoms with van der Waals surface area (Å²) in [5.41, 5.74) is 1.26. The Balaban J connectivity index is 1.67. The van der Waals surface area contributed by atoms with Gasteiger partial charge in [-0.3, -0.25) is 4.79 Å². The molecule has 1 atom stereocenters. The van der Waals surface area contributed by atoms with Crippen LogP contribution in [0.5, 0.6) is 0 Å². The predicted octanol–water partition coefficient (Wildman–Crippen LogP) is 2.45. The highest BCUT2D eigenvalue weighted by Crippen LogP contribution is 2.27. The normalized spacial score (nSPS) is 15.6. The van der Waals surface area contributed by atoms with Crippen LogP contribution in [0.15, 0.2) is 40.9 Å². The second-order valence-corrected chi connectivity index (χ2v) is 7.37. The average molecular weight is 320 g/mol. The van der Waals surface area contributed by atoms with E-state index < -0.39 is 0 Å². The van der Waals surface area contributed by atoms with Gasteiger partial charge >= 0.3 is 0 Å². The largest absolute Gasteiger partial charge is 0.618 e. The number of nitrogens with zero attached hydrogens (tertiary/aromatic N) is 2. The highest BCUT2D eigenvalue weighted by Gasteiger charge is 2.27. The Labute approximate surface area is 132 Å². The first-order valence-corrected chi connectivity index (χ1v) is 8.60. The number of carbonyl (C=O) groups excluding carboxylic acids is 1. The van der Waals surface area contributed by atoms with Gasteiger partial charge in [-0.05, 0) is 48.2 Å². The van der Waals surface area contributed by atoms with Gasteiger partial charge in [-0.15, -0.1) is 11.3 Å². The maximum absolute atomic E-state index is 12.5. The van der Waals surface area contributed by atoms with Crippen molar-refractivity contribution in [2.45, 2.75) is 30.2 Å². The van der Waals surface area contributed by atoms with Crippen molar-refractivity contribution in [2.24, 2.45) is 0 Å². The number of amides is 1. The van der Waals surface area contributed by atoms with Gasteiger partial charge in [0.2, 0.25) is 5.91 Å². The van der Waals surface area contributed by atoms with Gasteiger partial charge in [0.25, 0.3) is 5.03 Å². The lowest BCUT2D eigenvalue weighted by Crippen LogP contribution is -2.40. The SMILES string of the molecule is C[C@H](Sc1cccc[n+]1[O-])C(=O)N1CCc2sccc2C1. The molecule has 2 aromatic rings. The van der Waals surface area contributed by atoms with Crippen LogP contribution in [0, 0.1) is 5.21 Å². The van der Waals surface area contributed by atoms with Crippen molar-refractivity contribution < 1.29 is 9.52 Å². The van der Waals surface area contributed by atoms with E-state index in [9.17, 15) is 10.0 Å². The minimum Gasteiger partial charge on any atom is -0.618 e. The van der Waals surface area contributed by atoms with Crippen molar-refractivity contribution in [3.63, 3.8) is 0 Å². The summed E-state index contributed by atoms with van der Waals surface area (Å²) in [6.45, 7) is 3.32. The summed E-state index contributed by atoms with van der Waals surface area (Å²) >= 11 is 3.08. The molecule has 2 aromatic heterocycles. The quantitative estimate of drug-likeness (QED) is 0.496. The molecule has 6 heteroatoms. The maximum atomic E-state index is 12.5. The van der Waals surface area contributed by atoms with Gasteiger partial charge in [0.05, 0.1) is 5.25 Å². The van der Waals surface area contributed by atoms with Gasteiger partial charge in [0, 0.05) is 30.1 Å². The number of aromatic nitrogens is 1. The smallest absolute Gasteiger partial charge is 0.252 e. The standard InChI is InChI=1S/C15H16N2O2S2/c1-11(21-14-4-2-3-7-17(14)19)15(18)16-8-5-13-12(10-16)6-9-20-13/h2-4,6-7,9,11H,5,8,10H2,1H3/t11-/m0/s1. The molecule has 0 unspecified atom stereocenters. The Hall–Kier alpha value is -1.53. The minimum absolute atomic E-state index is 0.0979. The Morgan fingerprint density at radius 1 is 1.48 bits per heavy atom. The van der Waals surface area contributed by atoms with Crippen LogP contribution < -0.4 is 4.73 Å². The Morgan fingerprint density at radius 2 is 2.33 bits per heavy atom. The van der Waals surface area contributed by atoms with Crippen LogP contribution in [0.4, 0.5) is 0 Å². The number of thiophene rings is 1. The predicted molar refractivity (Wildman–Crippen MR) is 84.2 cm³/mol. The molecule has 0 fully saturated rings. The zero-order valence-corrected chi connectivity index (χ0v) is 13.3. The number of pyridine rings is 1. The first-order valence-electron chi connectivity index (χ1n) is 6.84. The number of rotatable bonds is 3. The van der Waals surface area contributed by atoms with Crippen LogP contribution in [0.3, 0.4) is 0 Å². The zero-order chi connectivity index (χ0) is 14.8. The fraction of sp³-hybridized carbons (Fsp3) is 0.333. The summed E-state index contributed by atoms with van der Waals surface area (Å²) in [5.74, 6) is 0.0979. The van der Waals surface area contributed by atoms with Gasteiger partial charge in [-0.1, -0.05) is 0 Å². The van der Waals surface area contributed by atoms with E-state index in [1.54, 1.807) is 23.5 Å². The molecule has 4 nitrogen and oxygen atoms in total. The Kier molecular flexibility index (Phi) is 4.17. The zero-order valence-electron chi connectivity index (χ0n) is 11.7. The molecule has 1 amide bonds. The summed E-state index contributed by atoms with van der Waals surface area (Å²) < 4.78 is 0.807. The summed E-state index contributed by atoms with van der Waals surface area (Å²) in [6.07, 6.45) is 2.39. The number of fused-ring (bicyclic) bond motifs is 1. The van der Waals surface area contributed by atoms with Crippen molar-refractivity contribution in [2.75, 3.05) is 6.54 Å². The molecule has 0 saturated heterocycles. The molecule has 0 spiro atoms. The van der Waals surface area contributed by atoms with E-state index in [1.165, 1.54) is 28.4 Å². The van der Waals surface area contributed by atoms with Gasteiger partial charge in [-0.25, -0.2) is 0 Å². The topological polar surface area (TPSA) is 47.2 Å². The Bertz CT molecular complexity index is 657. The first-order chi connectivity index (χ1) is 10.1. The second-order valence-electron chi connectivity index (χ2n) is 5.00. The highest BCUT2D eigenvalue weighted by molar-refractivity contribution is 8.00. The van der Waals surface area contributed by atoms with E-state index in [1.807, 2.05) is 17.9 Å². The molecule has 3 heterocycles. The molecule has 1 aliphatic heterocycles. The lowest BCUT2D eigenvalue weighted by atomic mass is 10.1. The van der Waals surface area contributed by atoms with Crippen molar-refractivity contribution in [3.05, 3.63) is 51.5 Å². The van der Waals surface area contributed by atoms with E-state index in [-0.39, 0.29) is 11.2 Å². The van der Waals surface area contributed by atoms with Crippen molar-refractivity contribution in [3.8, 4) is 0 Å². The third-order valence-corrected chi connectivity index (χ3v) is 5.69. The van der Waals surface area contributed by atoms with Crippen LogP contribution in [-0.4, -0.2) is 22.6 Å². The van der Waals surface area contributed by atoms with Crippen LogP contribution in [0.2, 0.25) is 0 Å². The first kappa shape index (κ1) is 14.4. The maximum Gasteiger partial charge on any atom is 0.252 e. The van der Waals surface area contributed by atoms with E-state index in [2.05, 4.69) is 11.4 Å². The summed E-state index contributed by atoms with van der Waals surface area (Å²) in [7, 11) is 0. The van der Waals surface area contributed by atoms with Gasteiger partial charge in [0.15, 0.2) is 6.20 Å². The molecule has 0 N–H and O–H groups in total. The van der Waals surface area contributed by atoms with E-state index in [0.29, 0.717) is 11.6 Å². The lowest BCUT2D eigenvalue weighted by molar-refractivity contribution is -0.645. The van der Waals surface area contributed by atoms with E-state index in [0.717, 1.165) is 17.7 Å². The third kappa shape index (κ3) is 3.06. The number of thioether (sulfide) groups is 1. The molecular weight excluding hydrogens is 304 g/mol. The summed E-state index contributed by atoms with van der Waals surface area (Å²) in [6, 6.07) is 7.34.